The molecule has 1 aromatic rings. The van der Waals surface area contributed by atoms with Crippen LogP contribution in [0, 0.1) is 12.3 Å². The van der Waals surface area contributed by atoms with Gasteiger partial charge in [-0.3, -0.25) is 10.00 Å². The van der Waals surface area contributed by atoms with Gasteiger partial charge in [0.05, 0.1) is 12.6 Å². The van der Waals surface area contributed by atoms with Crippen molar-refractivity contribution in [3.05, 3.63) is 11.8 Å². The summed E-state index contributed by atoms with van der Waals surface area (Å²) in [5, 5.41) is 18.8. The molecule has 0 saturated heterocycles. The van der Waals surface area contributed by atoms with E-state index in [-0.39, 0.29) is 24.1 Å². The van der Waals surface area contributed by atoms with Gasteiger partial charge in [0.2, 0.25) is 0 Å². The summed E-state index contributed by atoms with van der Waals surface area (Å²) in [6.07, 6.45) is 0. The van der Waals surface area contributed by atoms with Gasteiger partial charge in [-0.25, -0.2) is 4.79 Å². The summed E-state index contributed by atoms with van der Waals surface area (Å²) in [4.78, 5) is 11.8. The lowest BCUT2D eigenvalue weighted by atomic mass is 9.87. The number of aliphatic hydroxyl groups excluding tert-OH is 1. The lowest BCUT2D eigenvalue weighted by molar-refractivity contribution is 0.162. The standard InChI is InChI=1S/C12H22N4O2/c1-8-6-10(15-16(8)5)14-11(18)13-9(7-17)12(2,3)4/h6,9,17H,7H2,1-5H3,(H2,13,14,15,18)/t9-/m1/s1. The highest BCUT2D eigenvalue weighted by molar-refractivity contribution is 5.88. The molecular formula is C12H22N4O2. The van der Waals surface area contributed by atoms with E-state index in [0.717, 1.165) is 5.69 Å². The van der Waals surface area contributed by atoms with Crippen LogP contribution in [0.2, 0.25) is 0 Å². The van der Waals surface area contributed by atoms with Crippen LogP contribution in [0.3, 0.4) is 0 Å². The maximum Gasteiger partial charge on any atom is 0.320 e. The molecular weight excluding hydrogens is 232 g/mol. The minimum absolute atomic E-state index is 0.0990. The molecule has 1 rings (SSSR count). The summed E-state index contributed by atoms with van der Waals surface area (Å²) >= 11 is 0. The molecule has 0 unspecified atom stereocenters. The zero-order valence-corrected chi connectivity index (χ0v) is 11.6. The number of amides is 2. The summed E-state index contributed by atoms with van der Waals surface area (Å²) in [6, 6.07) is 1.12. The van der Waals surface area contributed by atoms with Gasteiger partial charge in [-0.2, -0.15) is 5.10 Å². The van der Waals surface area contributed by atoms with Crippen LogP contribution < -0.4 is 10.6 Å². The first kappa shape index (κ1) is 14.5. The smallest absolute Gasteiger partial charge is 0.320 e. The van der Waals surface area contributed by atoms with E-state index in [2.05, 4.69) is 15.7 Å². The third-order valence-corrected chi connectivity index (χ3v) is 2.89. The second kappa shape index (κ2) is 5.39. The molecule has 0 aliphatic rings. The lowest BCUT2D eigenvalue weighted by Gasteiger charge is -2.29. The van der Waals surface area contributed by atoms with Crippen LogP contribution in [0.5, 0.6) is 0 Å². The summed E-state index contributed by atoms with van der Waals surface area (Å²) in [5.41, 5.74) is 0.756. The number of carbonyl (C=O) groups excluding carboxylic acids is 1. The molecule has 0 bridgehead atoms. The normalized spacial score (nSPS) is 13.2. The Morgan fingerprint density at radius 1 is 1.56 bits per heavy atom. The molecule has 0 aromatic carbocycles. The molecule has 1 aromatic heterocycles. The Kier molecular flexibility index (Phi) is 4.34. The molecule has 102 valence electrons. The fourth-order valence-electron chi connectivity index (χ4n) is 1.47. The molecule has 3 N–H and O–H groups in total. The molecule has 0 saturated carbocycles. The van der Waals surface area contributed by atoms with Crippen LogP contribution in [0.15, 0.2) is 6.07 Å². The molecule has 0 aliphatic heterocycles. The fourth-order valence-corrected chi connectivity index (χ4v) is 1.47. The monoisotopic (exact) mass is 254 g/mol. The van der Waals surface area contributed by atoms with Crippen molar-refractivity contribution >= 4 is 11.8 Å². The Morgan fingerprint density at radius 2 is 2.17 bits per heavy atom. The van der Waals surface area contributed by atoms with Gasteiger partial charge in [0.15, 0.2) is 5.82 Å². The molecule has 6 nitrogen and oxygen atoms in total. The highest BCUT2D eigenvalue weighted by atomic mass is 16.3. The predicted octanol–water partition coefficient (Wildman–Crippen LogP) is 1.26. The number of aromatic nitrogens is 2. The second-order valence-corrected chi connectivity index (χ2v) is 5.49. The highest BCUT2D eigenvalue weighted by Gasteiger charge is 2.25. The summed E-state index contributed by atoms with van der Waals surface area (Å²) in [5.74, 6) is 0.498. The number of urea groups is 1. The van der Waals surface area contributed by atoms with E-state index in [1.54, 1.807) is 10.7 Å². The number of hydrogen-bond donors (Lipinski definition) is 3. The number of nitrogens with one attached hydrogen (secondary N) is 2. The molecule has 0 spiro atoms. The number of carbonyl (C=O) groups is 1. The number of anilines is 1. The van der Waals surface area contributed by atoms with Gasteiger partial charge >= 0.3 is 6.03 Å². The van der Waals surface area contributed by atoms with Crippen molar-refractivity contribution in [3.8, 4) is 0 Å². The Balaban J connectivity index is 2.61. The van der Waals surface area contributed by atoms with Gasteiger partial charge in [0.25, 0.3) is 0 Å². The van der Waals surface area contributed by atoms with Crippen molar-refractivity contribution in [1.29, 1.82) is 0 Å². The zero-order chi connectivity index (χ0) is 13.9. The maximum atomic E-state index is 11.8. The van der Waals surface area contributed by atoms with Gasteiger partial charge in [-0.1, -0.05) is 20.8 Å². The average molecular weight is 254 g/mol. The van der Waals surface area contributed by atoms with E-state index in [0.29, 0.717) is 5.82 Å². The Morgan fingerprint density at radius 3 is 2.56 bits per heavy atom. The maximum absolute atomic E-state index is 11.8. The fraction of sp³-hybridized carbons (Fsp3) is 0.667. The average Bonchev–Trinajstić information content (AvgIpc) is 2.52. The van der Waals surface area contributed by atoms with E-state index < -0.39 is 0 Å². The second-order valence-electron chi connectivity index (χ2n) is 5.49. The first-order chi connectivity index (χ1) is 8.24. The van der Waals surface area contributed by atoms with Crippen molar-refractivity contribution in [3.63, 3.8) is 0 Å². The molecule has 1 heterocycles. The molecule has 18 heavy (non-hydrogen) atoms. The lowest BCUT2D eigenvalue weighted by Crippen LogP contribution is -2.47. The quantitative estimate of drug-likeness (QED) is 0.759. The van der Waals surface area contributed by atoms with Gasteiger partial charge < -0.3 is 10.4 Å². The Hall–Kier alpha value is -1.56. The summed E-state index contributed by atoms with van der Waals surface area (Å²) < 4.78 is 1.68. The summed E-state index contributed by atoms with van der Waals surface area (Å²) in [7, 11) is 1.81. The van der Waals surface area contributed by atoms with E-state index in [9.17, 15) is 9.90 Å². The van der Waals surface area contributed by atoms with Gasteiger partial charge in [0.1, 0.15) is 0 Å². The van der Waals surface area contributed by atoms with Gasteiger partial charge in [-0.15, -0.1) is 0 Å². The molecule has 1 atom stereocenters. The van der Waals surface area contributed by atoms with E-state index >= 15 is 0 Å². The third kappa shape index (κ3) is 3.73. The van der Waals surface area contributed by atoms with Crippen LogP contribution in [0.25, 0.3) is 0 Å². The third-order valence-electron chi connectivity index (χ3n) is 2.89. The minimum atomic E-state index is -0.359. The van der Waals surface area contributed by atoms with Crippen LogP contribution in [-0.4, -0.2) is 33.6 Å². The van der Waals surface area contributed by atoms with Crippen molar-refractivity contribution < 1.29 is 9.90 Å². The van der Waals surface area contributed by atoms with Crippen LogP contribution in [0.1, 0.15) is 26.5 Å². The van der Waals surface area contributed by atoms with Crippen molar-refractivity contribution in [2.75, 3.05) is 11.9 Å². The minimum Gasteiger partial charge on any atom is -0.394 e. The topological polar surface area (TPSA) is 79.2 Å². The Bertz CT molecular complexity index is 401. The molecule has 0 radical (unpaired) electrons. The summed E-state index contributed by atoms with van der Waals surface area (Å²) in [6.45, 7) is 7.68. The largest absolute Gasteiger partial charge is 0.394 e. The molecule has 0 fully saturated rings. The van der Waals surface area contributed by atoms with Crippen molar-refractivity contribution in [2.24, 2.45) is 12.5 Å². The first-order valence-electron chi connectivity index (χ1n) is 5.93. The number of hydrogen-bond acceptors (Lipinski definition) is 3. The van der Waals surface area contributed by atoms with Crippen LogP contribution in [-0.2, 0) is 7.05 Å². The van der Waals surface area contributed by atoms with E-state index in [4.69, 9.17) is 0 Å². The van der Waals surface area contributed by atoms with Crippen molar-refractivity contribution in [2.45, 2.75) is 33.7 Å². The van der Waals surface area contributed by atoms with Crippen molar-refractivity contribution in [1.82, 2.24) is 15.1 Å². The van der Waals surface area contributed by atoms with Crippen LogP contribution >= 0.6 is 0 Å². The zero-order valence-electron chi connectivity index (χ0n) is 11.6. The first-order valence-corrected chi connectivity index (χ1v) is 5.93. The SMILES string of the molecule is Cc1cc(NC(=O)N[C@H](CO)C(C)(C)C)nn1C. The van der Waals surface area contributed by atoms with Crippen LogP contribution in [0.4, 0.5) is 10.6 Å². The number of nitrogens with zero attached hydrogens (tertiary/aromatic N) is 2. The number of aliphatic hydroxyl groups is 1. The number of rotatable bonds is 3. The predicted molar refractivity (Wildman–Crippen MR) is 70.4 cm³/mol. The molecule has 0 aliphatic carbocycles. The van der Waals surface area contributed by atoms with Gasteiger partial charge in [-0.05, 0) is 12.3 Å². The van der Waals surface area contributed by atoms with E-state index in [1.807, 2.05) is 34.7 Å². The molecule has 6 heteroatoms. The molecule has 2 amide bonds. The number of aryl methyl sites for hydroxylation is 2. The van der Waals surface area contributed by atoms with Gasteiger partial charge in [0, 0.05) is 18.8 Å². The highest BCUT2D eigenvalue weighted by Crippen LogP contribution is 2.18. The Labute approximate surface area is 107 Å². The van der Waals surface area contributed by atoms with E-state index in [1.165, 1.54) is 0 Å².